The molecule has 13 heavy (non-hydrogen) atoms. The van der Waals surface area contributed by atoms with Gasteiger partial charge < -0.3 is 4.74 Å². The van der Waals surface area contributed by atoms with Crippen molar-refractivity contribution in [2.75, 3.05) is 0 Å². The van der Waals surface area contributed by atoms with Gasteiger partial charge in [-0.2, -0.15) is 0 Å². The highest BCUT2D eigenvalue weighted by Gasteiger charge is 2.03. The Morgan fingerprint density at radius 2 is 2.08 bits per heavy atom. The first-order valence-electron chi connectivity index (χ1n) is 4.42. The molecule has 0 aliphatic heterocycles. The summed E-state index contributed by atoms with van der Waals surface area (Å²) in [5.74, 6) is 0.363. The van der Waals surface area contributed by atoms with Gasteiger partial charge in [-0.3, -0.25) is 0 Å². The number of ether oxygens (including phenoxy) is 1. The molecule has 0 aromatic carbocycles. The van der Waals surface area contributed by atoms with Crippen molar-refractivity contribution < 1.29 is 9.13 Å². The van der Waals surface area contributed by atoms with Crippen LogP contribution in [0.5, 0.6) is 5.88 Å². The Morgan fingerprint density at radius 3 is 2.54 bits per heavy atom. The lowest BCUT2D eigenvalue weighted by Crippen LogP contribution is -2.06. The Kier molecular flexibility index (Phi) is 5.85. The molecule has 1 aromatic rings. The largest absolute Gasteiger partial charge is 0.443 e. The van der Waals surface area contributed by atoms with Gasteiger partial charge in [0, 0.05) is 18.7 Å². The van der Waals surface area contributed by atoms with Crippen molar-refractivity contribution >= 4 is 0 Å². The van der Waals surface area contributed by atoms with E-state index in [-0.39, 0.29) is 0 Å². The lowest BCUT2D eigenvalue weighted by atomic mass is 10.3. The molecule has 1 unspecified atom stereocenters. The first kappa shape index (κ1) is 11.9. The van der Waals surface area contributed by atoms with Crippen LogP contribution in [-0.4, -0.2) is 11.3 Å². The molecule has 0 radical (unpaired) electrons. The van der Waals surface area contributed by atoms with Gasteiger partial charge in [0.25, 0.3) is 0 Å². The third-order valence-corrected chi connectivity index (χ3v) is 1.24. The summed E-state index contributed by atoms with van der Waals surface area (Å²) in [4.78, 5) is 3.86. The molecular formula is C10H16FNO. The summed E-state index contributed by atoms with van der Waals surface area (Å²) in [6, 6.07) is 3.61. The molecule has 2 nitrogen and oxygen atoms in total. The highest BCUT2D eigenvalue weighted by molar-refractivity contribution is 5.23. The maximum absolute atomic E-state index is 12.3. The minimum Gasteiger partial charge on any atom is -0.443 e. The van der Waals surface area contributed by atoms with E-state index in [4.69, 9.17) is 4.74 Å². The van der Waals surface area contributed by atoms with E-state index in [1.54, 1.807) is 12.3 Å². The number of hydrogen-bond acceptors (Lipinski definition) is 2. The third-order valence-electron chi connectivity index (χ3n) is 1.24. The Balaban J connectivity index is 0.000000671. The van der Waals surface area contributed by atoms with E-state index in [0.29, 0.717) is 5.88 Å². The zero-order valence-electron chi connectivity index (χ0n) is 8.54. The van der Waals surface area contributed by atoms with Crippen LogP contribution in [-0.2, 0) is 0 Å². The molecule has 0 saturated carbocycles. The molecule has 1 heterocycles. The maximum atomic E-state index is 12.3. The van der Waals surface area contributed by atoms with Crippen molar-refractivity contribution in [1.82, 2.24) is 4.98 Å². The summed E-state index contributed by atoms with van der Waals surface area (Å²) in [7, 11) is 0. The Hall–Kier alpha value is -1.12. The average molecular weight is 185 g/mol. The number of nitrogens with zero attached hydrogens (tertiary/aromatic N) is 1. The standard InChI is InChI=1S/C8H10FNO.C2H6/c1-6-4-3-5-10-8(6)11-7(2)9;1-2/h3-5,7H,1-2H3;1-2H3. The molecule has 0 aliphatic carbocycles. The van der Waals surface area contributed by atoms with Crippen LogP contribution in [0.3, 0.4) is 0 Å². The molecule has 0 amide bonds. The van der Waals surface area contributed by atoms with Gasteiger partial charge in [-0.25, -0.2) is 9.37 Å². The van der Waals surface area contributed by atoms with Crippen molar-refractivity contribution in [3.05, 3.63) is 23.9 Å². The van der Waals surface area contributed by atoms with Crippen LogP contribution in [0.2, 0.25) is 0 Å². The fourth-order valence-electron chi connectivity index (χ4n) is 0.748. The van der Waals surface area contributed by atoms with Crippen molar-refractivity contribution in [2.24, 2.45) is 0 Å². The van der Waals surface area contributed by atoms with Crippen molar-refractivity contribution in [3.8, 4) is 5.88 Å². The topological polar surface area (TPSA) is 22.1 Å². The van der Waals surface area contributed by atoms with Gasteiger partial charge in [-0.05, 0) is 13.0 Å². The smallest absolute Gasteiger partial charge is 0.237 e. The second-order valence-corrected chi connectivity index (χ2v) is 2.29. The first-order chi connectivity index (χ1) is 6.20. The summed E-state index contributed by atoms with van der Waals surface area (Å²) in [5, 5.41) is 0. The van der Waals surface area contributed by atoms with Crippen LogP contribution in [0.25, 0.3) is 0 Å². The predicted octanol–water partition coefficient (Wildman–Crippen LogP) is 3.11. The number of aryl methyl sites for hydroxylation is 1. The number of rotatable bonds is 2. The quantitative estimate of drug-likeness (QED) is 0.706. The van der Waals surface area contributed by atoms with Gasteiger partial charge in [0.1, 0.15) is 0 Å². The van der Waals surface area contributed by atoms with E-state index >= 15 is 0 Å². The van der Waals surface area contributed by atoms with E-state index in [1.807, 2.05) is 26.8 Å². The molecule has 1 aromatic heterocycles. The fourth-order valence-corrected chi connectivity index (χ4v) is 0.748. The number of hydrogen-bond donors (Lipinski definition) is 0. The molecule has 1 atom stereocenters. The van der Waals surface area contributed by atoms with Gasteiger partial charge in [-0.1, -0.05) is 19.9 Å². The van der Waals surface area contributed by atoms with Gasteiger partial charge in [0.2, 0.25) is 12.2 Å². The lowest BCUT2D eigenvalue weighted by Gasteiger charge is -2.06. The molecule has 0 saturated heterocycles. The van der Waals surface area contributed by atoms with Crippen LogP contribution in [0, 0.1) is 6.92 Å². The van der Waals surface area contributed by atoms with Crippen LogP contribution >= 0.6 is 0 Å². The second kappa shape index (κ2) is 6.40. The molecular weight excluding hydrogens is 169 g/mol. The summed E-state index contributed by atoms with van der Waals surface area (Å²) < 4.78 is 17.1. The minimum absolute atomic E-state index is 0.363. The van der Waals surface area contributed by atoms with Crippen LogP contribution in [0.15, 0.2) is 18.3 Å². The molecule has 0 spiro atoms. The van der Waals surface area contributed by atoms with Gasteiger partial charge in [0.15, 0.2) is 0 Å². The highest BCUT2D eigenvalue weighted by Crippen LogP contribution is 2.13. The van der Waals surface area contributed by atoms with Gasteiger partial charge >= 0.3 is 0 Å². The monoisotopic (exact) mass is 185 g/mol. The normalized spacial score (nSPS) is 11.2. The second-order valence-electron chi connectivity index (χ2n) is 2.29. The lowest BCUT2D eigenvalue weighted by molar-refractivity contribution is 0.0801. The van der Waals surface area contributed by atoms with E-state index < -0.39 is 6.36 Å². The van der Waals surface area contributed by atoms with Crippen LogP contribution in [0.1, 0.15) is 26.3 Å². The van der Waals surface area contributed by atoms with Gasteiger partial charge in [0.05, 0.1) is 0 Å². The molecule has 3 heteroatoms. The molecule has 1 rings (SSSR count). The van der Waals surface area contributed by atoms with Crippen LogP contribution < -0.4 is 4.74 Å². The Labute approximate surface area is 78.8 Å². The Morgan fingerprint density at radius 1 is 1.46 bits per heavy atom. The highest BCUT2D eigenvalue weighted by atomic mass is 19.1. The number of halogens is 1. The summed E-state index contributed by atoms with van der Waals surface area (Å²) in [5.41, 5.74) is 0.844. The molecule has 0 aliphatic rings. The van der Waals surface area contributed by atoms with E-state index in [9.17, 15) is 4.39 Å². The summed E-state index contributed by atoms with van der Waals surface area (Å²) in [6.45, 7) is 7.15. The Bertz CT molecular complexity index is 238. The zero-order chi connectivity index (χ0) is 10.3. The maximum Gasteiger partial charge on any atom is 0.237 e. The average Bonchev–Trinajstić information content (AvgIpc) is 2.12. The SMILES string of the molecule is CC.Cc1cccnc1OC(C)F. The summed E-state index contributed by atoms with van der Waals surface area (Å²) in [6.07, 6.45) is 0.272. The molecule has 0 N–H and O–H groups in total. The fraction of sp³-hybridized carbons (Fsp3) is 0.500. The predicted molar refractivity (Wildman–Crippen MR) is 51.5 cm³/mol. The first-order valence-corrected chi connectivity index (χ1v) is 4.42. The molecule has 0 fully saturated rings. The van der Waals surface area contributed by atoms with E-state index in [0.717, 1.165) is 5.56 Å². The molecule has 74 valence electrons. The van der Waals surface area contributed by atoms with Crippen molar-refractivity contribution in [2.45, 2.75) is 34.1 Å². The minimum atomic E-state index is -1.30. The van der Waals surface area contributed by atoms with Crippen LogP contribution in [0.4, 0.5) is 4.39 Å². The van der Waals surface area contributed by atoms with Gasteiger partial charge in [-0.15, -0.1) is 0 Å². The number of alkyl halides is 1. The molecule has 0 bridgehead atoms. The number of pyridine rings is 1. The third kappa shape index (κ3) is 4.45. The van der Waals surface area contributed by atoms with E-state index in [1.165, 1.54) is 6.92 Å². The van der Waals surface area contributed by atoms with E-state index in [2.05, 4.69) is 4.98 Å². The van der Waals surface area contributed by atoms with Crippen molar-refractivity contribution in [3.63, 3.8) is 0 Å². The zero-order valence-corrected chi connectivity index (χ0v) is 8.54. The summed E-state index contributed by atoms with van der Waals surface area (Å²) >= 11 is 0. The van der Waals surface area contributed by atoms with Crippen molar-refractivity contribution in [1.29, 1.82) is 0 Å². The number of aromatic nitrogens is 1.